The van der Waals surface area contributed by atoms with E-state index in [1.54, 1.807) is 0 Å². The molecule has 0 radical (unpaired) electrons. The van der Waals surface area contributed by atoms with Gasteiger partial charge in [-0.1, -0.05) is 76.2 Å². The van der Waals surface area contributed by atoms with Crippen LogP contribution in [0.5, 0.6) is 0 Å². The van der Waals surface area contributed by atoms with E-state index < -0.39 is 0 Å². The van der Waals surface area contributed by atoms with Crippen LogP contribution < -0.4 is 16.8 Å². The highest BCUT2D eigenvalue weighted by Gasteiger charge is 2.25. The first-order chi connectivity index (χ1) is 15.3. The van der Waals surface area contributed by atoms with Gasteiger partial charge in [-0.15, -0.1) is 0 Å². The molecular formula is C26H34N6. The van der Waals surface area contributed by atoms with Gasteiger partial charge in [0.1, 0.15) is 12.0 Å². The third-order valence-corrected chi connectivity index (χ3v) is 6.28. The maximum absolute atomic E-state index is 6.26. The number of aliphatic imine (C=N–C) groups is 1. The standard InChI is InChI=1S/C26H34N6/c1-15(2)23(27)25-29-13-21(31-25)19-9-5-17(6-10-19)18-7-11-20(12-8-18)22-14-30-26(32-22)24(28)16(3)4/h5-13,15-16,23-24,26,30H,14,27-28H2,1-4H3,(H,29,31). The highest BCUT2D eigenvalue weighted by atomic mass is 15.2. The Morgan fingerprint density at radius 2 is 1.38 bits per heavy atom. The zero-order valence-electron chi connectivity index (χ0n) is 19.3. The van der Waals surface area contributed by atoms with Gasteiger partial charge in [0.25, 0.3) is 0 Å². The van der Waals surface area contributed by atoms with Crippen molar-refractivity contribution < 1.29 is 0 Å². The van der Waals surface area contributed by atoms with Crippen LogP contribution >= 0.6 is 0 Å². The van der Waals surface area contributed by atoms with Crippen molar-refractivity contribution in [1.29, 1.82) is 0 Å². The van der Waals surface area contributed by atoms with E-state index in [-0.39, 0.29) is 18.2 Å². The zero-order chi connectivity index (χ0) is 22.8. The summed E-state index contributed by atoms with van der Waals surface area (Å²) < 4.78 is 0. The molecule has 3 aromatic rings. The highest BCUT2D eigenvalue weighted by molar-refractivity contribution is 6.03. The van der Waals surface area contributed by atoms with Crippen molar-refractivity contribution in [2.75, 3.05) is 6.54 Å². The first-order valence-corrected chi connectivity index (χ1v) is 11.4. The average molecular weight is 431 g/mol. The second kappa shape index (κ2) is 9.36. The van der Waals surface area contributed by atoms with Gasteiger partial charge in [-0.05, 0) is 34.1 Å². The van der Waals surface area contributed by atoms with E-state index in [9.17, 15) is 0 Å². The predicted molar refractivity (Wildman–Crippen MR) is 132 cm³/mol. The molecule has 1 aliphatic heterocycles. The molecule has 1 aromatic heterocycles. The molecule has 0 saturated heterocycles. The average Bonchev–Trinajstić information content (AvgIpc) is 3.48. The Morgan fingerprint density at radius 1 is 0.812 bits per heavy atom. The lowest BCUT2D eigenvalue weighted by atomic mass is 10.0. The smallest absolute Gasteiger partial charge is 0.123 e. The van der Waals surface area contributed by atoms with Gasteiger partial charge in [0.2, 0.25) is 0 Å². The summed E-state index contributed by atoms with van der Waals surface area (Å²) in [7, 11) is 0. The van der Waals surface area contributed by atoms with Gasteiger partial charge < -0.3 is 16.5 Å². The van der Waals surface area contributed by atoms with E-state index in [0.717, 1.165) is 34.9 Å². The molecule has 2 heterocycles. The minimum Gasteiger partial charge on any atom is -0.341 e. The summed E-state index contributed by atoms with van der Waals surface area (Å²) in [6, 6.07) is 17.0. The number of hydrogen-bond donors (Lipinski definition) is 4. The summed E-state index contributed by atoms with van der Waals surface area (Å²) in [5.74, 6) is 1.56. The van der Waals surface area contributed by atoms with Crippen molar-refractivity contribution in [2.24, 2.45) is 28.3 Å². The zero-order valence-corrected chi connectivity index (χ0v) is 19.3. The number of rotatable bonds is 7. The van der Waals surface area contributed by atoms with Crippen molar-refractivity contribution in [3.05, 3.63) is 66.1 Å². The Morgan fingerprint density at radius 3 is 1.94 bits per heavy atom. The highest BCUT2D eigenvalue weighted by Crippen LogP contribution is 2.26. The molecule has 6 N–H and O–H groups in total. The molecule has 3 unspecified atom stereocenters. The number of H-pyrrole nitrogens is 1. The molecule has 0 spiro atoms. The van der Waals surface area contributed by atoms with Gasteiger partial charge in [0, 0.05) is 12.6 Å². The Labute approximate surface area is 190 Å². The summed E-state index contributed by atoms with van der Waals surface area (Å²) >= 11 is 0. The van der Waals surface area contributed by atoms with Gasteiger partial charge in [-0.3, -0.25) is 10.3 Å². The number of nitrogens with one attached hydrogen (secondary N) is 2. The molecular weight excluding hydrogens is 396 g/mol. The van der Waals surface area contributed by atoms with E-state index in [0.29, 0.717) is 11.8 Å². The third-order valence-electron chi connectivity index (χ3n) is 6.28. The van der Waals surface area contributed by atoms with Crippen LogP contribution in [0.25, 0.3) is 22.4 Å². The number of benzene rings is 2. The quantitative estimate of drug-likeness (QED) is 0.453. The molecule has 6 nitrogen and oxygen atoms in total. The maximum Gasteiger partial charge on any atom is 0.123 e. The molecule has 1 aliphatic rings. The minimum absolute atomic E-state index is 0.00435. The van der Waals surface area contributed by atoms with Crippen LogP contribution in [0.2, 0.25) is 0 Å². The van der Waals surface area contributed by atoms with Crippen molar-refractivity contribution in [1.82, 2.24) is 15.3 Å². The second-order valence-corrected chi connectivity index (χ2v) is 9.33. The number of imidazole rings is 1. The van der Waals surface area contributed by atoms with E-state index in [2.05, 4.69) is 91.5 Å². The summed E-state index contributed by atoms with van der Waals surface area (Å²) in [5.41, 5.74) is 19.1. The monoisotopic (exact) mass is 430 g/mol. The van der Waals surface area contributed by atoms with Crippen LogP contribution in [-0.2, 0) is 0 Å². The molecule has 0 fully saturated rings. The molecule has 2 aromatic carbocycles. The van der Waals surface area contributed by atoms with Crippen LogP contribution in [0.4, 0.5) is 0 Å². The molecule has 0 saturated carbocycles. The summed E-state index contributed by atoms with van der Waals surface area (Å²) in [5, 5.41) is 3.42. The van der Waals surface area contributed by atoms with E-state index in [1.165, 1.54) is 11.1 Å². The molecule has 0 aliphatic carbocycles. The lowest BCUT2D eigenvalue weighted by Crippen LogP contribution is -2.44. The maximum atomic E-state index is 6.26. The van der Waals surface area contributed by atoms with Crippen LogP contribution in [0, 0.1) is 11.8 Å². The van der Waals surface area contributed by atoms with E-state index in [1.807, 2.05) is 6.20 Å². The fraction of sp³-hybridized carbons (Fsp3) is 0.385. The van der Waals surface area contributed by atoms with E-state index >= 15 is 0 Å². The molecule has 3 atom stereocenters. The summed E-state index contributed by atoms with van der Waals surface area (Å²) in [6.07, 6.45) is 1.85. The summed E-state index contributed by atoms with van der Waals surface area (Å²) in [4.78, 5) is 12.6. The fourth-order valence-electron chi connectivity index (χ4n) is 3.89. The topological polar surface area (TPSA) is 105 Å². The summed E-state index contributed by atoms with van der Waals surface area (Å²) in [6.45, 7) is 9.21. The molecule has 6 heteroatoms. The van der Waals surface area contributed by atoms with Crippen LogP contribution in [0.3, 0.4) is 0 Å². The minimum atomic E-state index is -0.0856. The van der Waals surface area contributed by atoms with Crippen molar-refractivity contribution in [3.8, 4) is 22.4 Å². The number of aromatic amines is 1. The molecule has 32 heavy (non-hydrogen) atoms. The van der Waals surface area contributed by atoms with Crippen molar-refractivity contribution in [2.45, 2.75) is 45.9 Å². The SMILES string of the molecule is CC(C)C(N)c1ncc(-c2ccc(-c3ccc(C4=NC(C(N)C(C)C)NC4)cc3)cc2)[nH]1. The first kappa shape index (κ1) is 22.4. The second-order valence-electron chi connectivity index (χ2n) is 9.33. The fourth-order valence-corrected chi connectivity index (χ4v) is 3.89. The van der Waals surface area contributed by atoms with Gasteiger partial charge in [-0.2, -0.15) is 0 Å². The van der Waals surface area contributed by atoms with Crippen LogP contribution in [-0.4, -0.2) is 34.4 Å². The van der Waals surface area contributed by atoms with Gasteiger partial charge in [0.05, 0.1) is 23.6 Å². The Bertz CT molecular complexity index is 1060. The van der Waals surface area contributed by atoms with Crippen molar-refractivity contribution in [3.63, 3.8) is 0 Å². The van der Waals surface area contributed by atoms with Crippen LogP contribution in [0.15, 0.2) is 59.7 Å². The number of nitrogens with two attached hydrogens (primary N) is 2. The molecule has 4 rings (SSSR count). The Balaban J connectivity index is 1.47. The normalized spacial score (nSPS) is 18.2. The number of aromatic nitrogens is 2. The van der Waals surface area contributed by atoms with Crippen LogP contribution in [0.1, 0.15) is 45.1 Å². The first-order valence-electron chi connectivity index (χ1n) is 11.4. The lowest BCUT2D eigenvalue weighted by molar-refractivity contribution is 0.391. The third kappa shape index (κ3) is 4.67. The van der Waals surface area contributed by atoms with Gasteiger partial charge in [-0.25, -0.2) is 4.98 Å². The number of nitrogens with zero attached hydrogens (tertiary/aromatic N) is 2. The Hall–Kier alpha value is -2.80. The largest absolute Gasteiger partial charge is 0.341 e. The van der Waals surface area contributed by atoms with Crippen molar-refractivity contribution >= 4 is 5.71 Å². The predicted octanol–water partition coefficient (Wildman–Crippen LogP) is 4.10. The van der Waals surface area contributed by atoms with Gasteiger partial charge >= 0.3 is 0 Å². The molecule has 168 valence electrons. The number of hydrogen-bond acceptors (Lipinski definition) is 5. The Kier molecular flexibility index (Phi) is 6.55. The molecule has 0 bridgehead atoms. The van der Waals surface area contributed by atoms with E-state index in [4.69, 9.17) is 16.5 Å². The van der Waals surface area contributed by atoms with Gasteiger partial charge in [0.15, 0.2) is 0 Å². The lowest BCUT2D eigenvalue weighted by Gasteiger charge is -2.20. The molecule has 0 amide bonds.